The largest absolute Gasteiger partial charge is 0.303 e. The Balaban J connectivity index is 2.33. The van der Waals surface area contributed by atoms with E-state index in [9.17, 15) is 4.79 Å². The summed E-state index contributed by atoms with van der Waals surface area (Å²) in [6.07, 6.45) is 3.34. The van der Waals surface area contributed by atoms with E-state index in [-0.39, 0.29) is 0 Å². The summed E-state index contributed by atoms with van der Waals surface area (Å²) < 4.78 is 1.23. The van der Waals surface area contributed by atoms with Gasteiger partial charge < -0.3 is 4.79 Å². The van der Waals surface area contributed by atoms with Crippen molar-refractivity contribution < 1.29 is 4.79 Å². The second-order valence-corrected chi connectivity index (χ2v) is 4.58. The minimum atomic E-state index is 0.570. The van der Waals surface area contributed by atoms with E-state index in [2.05, 4.69) is 30.1 Å². The van der Waals surface area contributed by atoms with Gasteiger partial charge in [0.15, 0.2) is 0 Å². The smallest absolute Gasteiger partial charge is 0.120 e. The molecule has 0 amide bonds. The van der Waals surface area contributed by atoms with Crippen molar-refractivity contribution in [1.82, 2.24) is 4.98 Å². The standard InChI is InChI=1S/C12H13NOS/c1-2-9-5-6-10-11(8-9)15-12(13-10)4-3-7-14/h5-8H,2-4H2,1H3. The monoisotopic (exact) mass is 219 g/mol. The van der Waals surface area contributed by atoms with Crippen molar-refractivity contribution in [2.75, 3.05) is 0 Å². The summed E-state index contributed by atoms with van der Waals surface area (Å²) in [6, 6.07) is 6.37. The number of aldehydes is 1. The summed E-state index contributed by atoms with van der Waals surface area (Å²) >= 11 is 1.70. The number of fused-ring (bicyclic) bond motifs is 1. The van der Waals surface area contributed by atoms with Crippen molar-refractivity contribution in [2.24, 2.45) is 0 Å². The number of hydrogen-bond acceptors (Lipinski definition) is 3. The van der Waals surface area contributed by atoms with E-state index >= 15 is 0 Å². The van der Waals surface area contributed by atoms with Crippen LogP contribution in [0.5, 0.6) is 0 Å². The number of carbonyl (C=O) groups excluding carboxylic acids is 1. The van der Waals surface area contributed by atoms with Crippen LogP contribution < -0.4 is 0 Å². The molecule has 1 heterocycles. The van der Waals surface area contributed by atoms with Gasteiger partial charge in [-0.1, -0.05) is 13.0 Å². The van der Waals surface area contributed by atoms with Gasteiger partial charge in [-0.3, -0.25) is 0 Å². The number of aryl methyl sites for hydroxylation is 2. The molecular formula is C12H13NOS. The number of thiazole rings is 1. The number of benzene rings is 1. The Hall–Kier alpha value is -1.22. The van der Waals surface area contributed by atoms with E-state index in [1.807, 2.05) is 0 Å². The van der Waals surface area contributed by atoms with E-state index < -0.39 is 0 Å². The number of rotatable bonds is 4. The van der Waals surface area contributed by atoms with Crippen LogP contribution in [0.25, 0.3) is 10.2 Å². The van der Waals surface area contributed by atoms with E-state index in [4.69, 9.17) is 0 Å². The molecule has 0 fully saturated rings. The van der Waals surface area contributed by atoms with Crippen molar-refractivity contribution >= 4 is 27.8 Å². The maximum atomic E-state index is 10.3. The van der Waals surface area contributed by atoms with Crippen molar-refractivity contribution in [3.8, 4) is 0 Å². The van der Waals surface area contributed by atoms with Crippen LogP contribution in [0.4, 0.5) is 0 Å². The van der Waals surface area contributed by atoms with E-state index in [1.54, 1.807) is 11.3 Å². The fourth-order valence-electron chi connectivity index (χ4n) is 1.53. The maximum Gasteiger partial charge on any atom is 0.120 e. The van der Waals surface area contributed by atoms with Crippen molar-refractivity contribution in [2.45, 2.75) is 26.2 Å². The molecule has 2 nitrogen and oxygen atoms in total. The number of carbonyl (C=O) groups is 1. The van der Waals surface area contributed by atoms with E-state index in [0.29, 0.717) is 6.42 Å². The molecule has 0 aliphatic heterocycles. The molecule has 78 valence electrons. The summed E-state index contributed by atoms with van der Waals surface area (Å²) in [5.74, 6) is 0. The zero-order valence-corrected chi connectivity index (χ0v) is 9.51. The molecule has 2 rings (SSSR count). The summed E-state index contributed by atoms with van der Waals surface area (Å²) in [6.45, 7) is 2.15. The summed E-state index contributed by atoms with van der Waals surface area (Å²) in [5.41, 5.74) is 2.39. The topological polar surface area (TPSA) is 30.0 Å². The average molecular weight is 219 g/mol. The first-order chi connectivity index (χ1) is 7.33. The van der Waals surface area contributed by atoms with Crippen LogP contribution in [-0.4, -0.2) is 11.3 Å². The highest BCUT2D eigenvalue weighted by molar-refractivity contribution is 7.18. The van der Waals surface area contributed by atoms with Gasteiger partial charge in [0.2, 0.25) is 0 Å². The zero-order chi connectivity index (χ0) is 10.7. The number of nitrogens with zero attached hydrogens (tertiary/aromatic N) is 1. The lowest BCUT2D eigenvalue weighted by Crippen LogP contribution is -1.83. The van der Waals surface area contributed by atoms with Gasteiger partial charge in [0, 0.05) is 12.8 Å². The molecular weight excluding hydrogens is 206 g/mol. The van der Waals surface area contributed by atoms with Crippen LogP contribution in [0.2, 0.25) is 0 Å². The first-order valence-corrected chi connectivity index (χ1v) is 5.97. The lowest BCUT2D eigenvalue weighted by atomic mass is 10.2. The molecule has 0 unspecified atom stereocenters. The summed E-state index contributed by atoms with van der Waals surface area (Å²) in [4.78, 5) is 14.8. The van der Waals surface area contributed by atoms with Gasteiger partial charge in [0.1, 0.15) is 6.29 Å². The first-order valence-electron chi connectivity index (χ1n) is 5.15. The molecule has 0 bridgehead atoms. The minimum absolute atomic E-state index is 0.570. The van der Waals surface area contributed by atoms with Crippen molar-refractivity contribution in [3.63, 3.8) is 0 Å². The van der Waals surface area contributed by atoms with Gasteiger partial charge >= 0.3 is 0 Å². The Morgan fingerprint density at radius 1 is 1.47 bits per heavy atom. The minimum Gasteiger partial charge on any atom is -0.303 e. The van der Waals surface area contributed by atoms with Gasteiger partial charge in [0.25, 0.3) is 0 Å². The molecule has 2 aromatic rings. The van der Waals surface area contributed by atoms with Gasteiger partial charge in [-0.05, 0) is 24.1 Å². The maximum absolute atomic E-state index is 10.3. The molecule has 15 heavy (non-hydrogen) atoms. The molecule has 0 spiro atoms. The lowest BCUT2D eigenvalue weighted by Gasteiger charge is -1.93. The predicted octanol–water partition coefficient (Wildman–Crippen LogP) is 2.99. The van der Waals surface area contributed by atoms with Crippen LogP contribution >= 0.6 is 11.3 Å². The fourth-order valence-corrected chi connectivity index (χ4v) is 2.57. The molecule has 0 saturated carbocycles. The third kappa shape index (κ3) is 2.23. The third-order valence-corrected chi connectivity index (χ3v) is 3.46. The second-order valence-electron chi connectivity index (χ2n) is 3.47. The molecule has 1 aromatic heterocycles. The quantitative estimate of drug-likeness (QED) is 0.740. The Morgan fingerprint density at radius 2 is 2.33 bits per heavy atom. The van der Waals surface area contributed by atoms with Gasteiger partial charge in [-0.25, -0.2) is 4.98 Å². The van der Waals surface area contributed by atoms with E-state index in [0.717, 1.165) is 29.7 Å². The Bertz CT molecular complexity index is 475. The molecule has 0 N–H and O–H groups in total. The fraction of sp³-hybridized carbons (Fsp3) is 0.333. The van der Waals surface area contributed by atoms with Crippen LogP contribution in [0.15, 0.2) is 18.2 Å². The number of hydrogen-bond donors (Lipinski definition) is 0. The number of aromatic nitrogens is 1. The van der Waals surface area contributed by atoms with Crippen LogP contribution in [0, 0.1) is 0 Å². The molecule has 0 radical (unpaired) electrons. The molecule has 0 saturated heterocycles. The summed E-state index contributed by atoms with van der Waals surface area (Å²) in [7, 11) is 0. The van der Waals surface area contributed by atoms with Crippen LogP contribution in [0.1, 0.15) is 23.9 Å². The molecule has 0 atom stereocenters. The first kappa shape index (κ1) is 10.3. The van der Waals surface area contributed by atoms with Crippen LogP contribution in [-0.2, 0) is 17.6 Å². The lowest BCUT2D eigenvalue weighted by molar-refractivity contribution is -0.107. The Labute approximate surface area is 93.0 Å². The third-order valence-electron chi connectivity index (χ3n) is 2.38. The highest BCUT2D eigenvalue weighted by Gasteiger charge is 2.03. The highest BCUT2D eigenvalue weighted by atomic mass is 32.1. The van der Waals surface area contributed by atoms with Gasteiger partial charge in [-0.2, -0.15) is 0 Å². The molecule has 0 aliphatic carbocycles. The van der Waals surface area contributed by atoms with Crippen molar-refractivity contribution in [1.29, 1.82) is 0 Å². The second kappa shape index (κ2) is 4.53. The zero-order valence-electron chi connectivity index (χ0n) is 8.69. The SMILES string of the molecule is CCc1ccc2nc(CCC=O)sc2c1. The summed E-state index contributed by atoms with van der Waals surface area (Å²) in [5, 5.41) is 1.06. The predicted molar refractivity (Wildman–Crippen MR) is 63.4 cm³/mol. The average Bonchev–Trinajstić information content (AvgIpc) is 2.67. The normalized spacial score (nSPS) is 10.7. The molecule has 3 heteroatoms. The molecule has 0 aliphatic rings. The van der Waals surface area contributed by atoms with Gasteiger partial charge in [-0.15, -0.1) is 11.3 Å². The van der Waals surface area contributed by atoms with E-state index in [1.165, 1.54) is 10.3 Å². The Kier molecular flexibility index (Phi) is 3.11. The highest BCUT2D eigenvalue weighted by Crippen LogP contribution is 2.24. The van der Waals surface area contributed by atoms with Crippen molar-refractivity contribution in [3.05, 3.63) is 28.8 Å². The van der Waals surface area contributed by atoms with Crippen LogP contribution in [0.3, 0.4) is 0 Å². The molecule has 1 aromatic carbocycles. The Morgan fingerprint density at radius 3 is 3.07 bits per heavy atom. The van der Waals surface area contributed by atoms with Gasteiger partial charge in [0.05, 0.1) is 15.2 Å².